The van der Waals surface area contributed by atoms with Crippen LogP contribution >= 0.6 is 23.2 Å². The molecule has 0 bridgehead atoms. The first-order valence-corrected chi connectivity index (χ1v) is 4.54. The molecule has 0 amide bonds. The van der Waals surface area contributed by atoms with Crippen LogP contribution in [0.3, 0.4) is 0 Å². The summed E-state index contributed by atoms with van der Waals surface area (Å²) in [5.74, 6) is 0. The first kappa shape index (κ1) is 8.88. The highest BCUT2D eigenvalue weighted by atomic mass is 35.5. The number of fused-ring (bicyclic) bond motifs is 1. The maximum absolute atomic E-state index is 8.94. The van der Waals surface area contributed by atoms with E-state index < -0.39 is 0 Å². The van der Waals surface area contributed by atoms with Crippen molar-refractivity contribution < 1.29 is 5.11 Å². The highest BCUT2D eigenvalue weighted by Gasteiger charge is 2.08. The van der Waals surface area contributed by atoms with E-state index >= 15 is 0 Å². The van der Waals surface area contributed by atoms with Crippen LogP contribution in [0.1, 0.15) is 5.69 Å². The Morgan fingerprint density at radius 1 is 1.31 bits per heavy atom. The molecule has 0 aliphatic heterocycles. The Morgan fingerprint density at radius 2 is 2.08 bits per heavy atom. The second-order valence-electron chi connectivity index (χ2n) is 2.77. The van der Waals surface area contributed by atoms with Gasteiger partial charge in [-0.05, 0) is 18.2 Å². The van der Waals surface area contributed by atoms with Crippen molar-refractivity contribution in [1.29, 1.82) is 0 Å². The maximum Gasteiger partial charge on any atom is 0.0846 e. The van der Waals surface area contributed by atoms with E-state index in [1.54, 1.807) is 12.1 Å². The van der Waals surface area contributed by atoms with Gasteiger partial charge < -0.3 is 10.1 Å². The maximum atomic E-state index is 8.94. The van der Waals surface area contributed by atoms with Crippen molar-refractivity contribution in [2.24, 2.45) is 0 Å². The molecule has 0 radical (unpaired) electrons. The van der Waals surface area contributed by atoms with Crippen molar-refractivity contribution in [1.82, 2.24) is 4.98 Å². The van der Waals surface area contributed by atoms with Crippen molar-refractivity contribution in [3.05, 3.63) is 33.9 Å². The molecule has 0 atom stereocenters. The quantitative estimate of drug-likeness (QED) is 0.755. The Kier molecular flexibility index (Phi) is 2.20. The van der Waals surface area contributed by atoms with Crippen molar-refractivity contribution in [3.8, 4) is 0 Å². The van der Waals surface area contributed by atoms with Crippen LogP contribution in [0.15, 0.2) is 18.2 Å². The van der Waals surface area contributed by atoms with Crippen LogP contribution in [-0.4, -0.2) is 10.1 Å². The molecule has 0 fully saturated rings. The number of H-pyrrole nitrogens is 1. The second kappa shape index (κ2) is 3.22. The zero-order valence-corrected chi connectivity index (χ0v) is 8.15. The number of aromatic nitrogens is 1. The summed E-state index contributed by atoms with van der Waals surface area (Å²) in [6, 6.07) is 5.38. The molecule has 1 aromatic carbocycles. The van der Waals surface area contributed by atoms with Crippen LogP contribution in [0.25, 0.3) is 10.9 Å². The topological polar surface area (TPSA) is 36.0 Å². The summed E-state index contributed by atoms with van der Waals surface area (Å²) in [7, 11) is 0. The highest BCUT2D eigenvalue weighted by Crippen LogP contribution is 2.29. The molecule has 1 aromatic heterocycles. The summed E-state index contributed by atoms with van der Waals surface area (Å²) in [5, 5.41) is 11.0. The summed E-state index contributed by atoms with van der Waals surface area (Å²) < 4.78 is 0. The van der Waals surface area contributed by atoms with Gasteiger partial charge in [-0.1, -0.05) is 23.2 Å². The molecule has 0 saturated carbocycles. The van der Waals surface area contributed by atoms with Crippen molar-refractivity contribution in [2.75, 3.05) is 0 Å². The molecular weight excluding hydrogens is 209 g/mol. The number of aromatic amines is 1. The molecular formula is C9H7Cl2NO. The molecule has 4 heteroatoms. The fourth-order valence-corrected chi connectivity index (χ4v) is 1.73. The van der Waals surface area contributed by atoms with E-state index in [1.165, 1.54) is 0 Å². The average molecular weight is 216 g/mol. The number of hydrogen-bond acceptors (Lipinski definition) is 1. The lowest BCUT2D eigenvalue weighted by molar-refractivity contribution is 0.278. The minimum atomic E-state index is -0.0921. The molecule has 2 aromatic rings. The average Bonchev–Trinajstić information content (AvgIpc) is 2.44. The van der Waals surface area contributed by atoms with Gasteiger partial charge in [0.1, 0.15) is 0 Å². The standard InChI is InChI=1S/C9H7Cl2NO/c10-5-1-2-7-6(3-5)9(11)8(4-13)12-7/h1-3,12-13H,4H2. The van der Waals surface area contributed by atoms with E-state index in [1.807, 2.05) is 6.07 Å². The normalized spacial score (nSPS) is 11.0. The lowest BCUT2D eigenvalue weighted by Crippen LogP contribution is -1.81. The Bertz CT molecular complexity index is 450. The number of benzene rings is 1. The van der Waals surface area contributed by atoms with E-state index in [4.69, 9.17) is 28.3 Å². The minimum Gasteiger partial charge on any atom is -0.390 e. The lowest BCUT2D eigenvalue weighted by Gasteiger charge is -1.90. The number of aliphatic hydroxyl groups excluding tert-OH is 1. The minimum absolute atomic E-state index is 0.0921. The molecule has 2 rings (SSSR count). The fraction of sp³-hybridized carbons (Fsp3) is 0.111. The summed E-state index contributed by atoms with van der Waals surface area (Å²) in [6.45, 7) is -0.0921. The van der Waals surface area contributed by atoms with E-state index in [2.05, 4.69) is 4.98 Å². The van der Waals surface area contributed by atoms with Gasteiger partial charge in [-0.2, -0.15) is 0 Å². The molecule has 0 aliphatic rings. The molecule has 1 heterocycles. The zero-order valence-electron chi connectivity index (χ0n) is 6.64. The van der Waals surface area contributed by atoms with Gasteiger partial charge in [0, 0.05) is 15.9 Å². The van der Waals surface area contributed by atoms with Crippen LogP contribution < -0.4 is 0 Å². The second-order valence-corrected chi connectivity index (χ2v) is 3.58. The van der Waals surface area contributed by atoms with Gasteiger partial charge in [0.05, 0.1) is 17.3 Å². The molecule has 2 nitrogen and oxygen atoms in total. The Hall–Kier alpha value is -0.700. The smallest absolute Gasteiger partial charge is 0.0846 e. The van der Waals surface area contributed by atoms with Gasteiger partial charge in [-0.15, -0.1) is 0 Å². The molecule has 2 N–H and O–H groups in total. The third-order valence-corrected chi connectivity index (χ3v) is 2.59. The largest absolute Gasteiger partial charge is 0.390 e. The molecule has 0 spiro atoms. The molecule has 0 saturated heterocycles. The van der Waals surface area contributed by atoms with Crippen molar-refractivity contribution >= 4 is 34.1 Å². The predicted molar refractivity (Wildman–Crippen MR) is 54.2 cm³/mol. The van der Waals surface area contributed by atoms with Gasteiger partial charge >= 0.3 is 0 Å². The van der Waals surface area contributed by atoms with E-state index in [-0.39, 0.29) is 6.61 Å². The zero-order chi connectivity index (χ0) is 9.42. The predicted octanol–water partition coefficient (Wildman–Crippen LogP) is 2.97. The SMILES string of the molecule is OCc1[nH]c2ccc(Cl)cc2c1Cl. The van der Waals surface area contributed by atoms with Gasteiger partial charge in [-0.3, -0.25) is 0 Å². The molecule has 13 heavy (non-hydrogen) atoms. The highest BCUT2D eigenvalue weighted by molar-refractivity contribution is 6.37. The van der Waals surface area contributed by atoms with E-state index in [0.29, 0.717) is 15.7 Å². The van der Waals surface area contributed by atoms with Crippen molar-refractivity contribution in [3.63, 3.8) is 0 Å². The Morgan fingerprint density at radius 3 is 2.77 bits per heavy atom. The van der Waals surface area contributed by atoms with Gasteiger partial charge in [0.25, 0.3) is 0 Å². The van der Waals surface area contributed by atoms with Crippen LogP contribution in [0.4, 0.5) is 0 Å². The van der Waals surface area contributed by atoms with Crippen LogP contribution in [0.2, 0.25) is 10.0 Å². The van der Waals surface area contributed by atoms with Gasteiger partial charge in [0.15, 0.2) is 0 Å². The fourth-order valence-electron chi connectivity index (χ4n) is 1.30. The monoisotopic (exact) mass is 215 g/mol. The summed E-state index contributed by atoms with van der Waals surface area (Å²) in [4.78, 5) is 3.00. The number of rotatable bonds is 1. The lowest BCUT2D eigenvalue weighted by atomic mass is 10.2. The molecule has 0 unspecified atom stereocenters. The van der Waals surface area contributed by atoms with Gasteiger partial charge in [0.2, 0.25) is 0 Å². The molecule has 0 aliphatic carbocycles. The number of aliphatic hydroxyl groups is 1. The van der Waals surface area contributed by atoms with E-state index in [9.17, 15) is 0 Å². The summed E-state index contributed by atoms with van der Waals surface area (Å²) >= 11 is 11.8. The molecule has 68 valence electrons. The van der Waals surface area contributed by atoms with Crippen LogP contribution in [0.5, 0.6) is 0 Å². The van der Waals surface area contributed by atoms with E-state index in [0.717, 1.165) is 10.9 Å². The van der Waals surface area contributed by atoms with Gasteiger partial charge in [-0.25, -0.2) is 0 Å². The number of nitrogens with one attached hydrogen (secondary N) is 1. The Labute approximate surface area is 85.1 Å². The Balaban J connectivity index is 2.77. The van der Waals surface area contributed by atoms with Crippen LogP contribution in [0, 0.1) is 0 Å². The third kappa shape index (κ3) is 1.41. The third-order valence-electron chi connectivity index (χ3n) is 1.93. The first-order valence-electron chi connectivity index (χ1n) is 3.79. The summed E-state index contributed by atoms with van der Waals surface area (Å²) in [5.41, 5.74) is 1.51. The number of halogens is 2. The first-order chi connectivity index (χ1) is 6.22. The van der Waals surface area contributed by atoms with Crippen molar-refractivity contribution in [2.45, 2.75) is 6.61 Å². The summed E-state index contributed by atoms with van der Waals surface area (Å²) in [6.07, 6.45) is 0. The number of hydrogen-bond donors (Lipinski definition) is 2. The van der Waals surface area contributed by atoms with Crippen LogP contribution in [-0.2, 0) is 6.61 Å².